The number of nitrogens with zero attached hydrogens (tertiary/aromatic N) is 1. The summed E-state index contributed by atoms with van der Waals surface area (Å²) in [4.78, 5) is 3.51. The molecule has 0 bridgehead atoms. The second kappa shape index (κ2) is 4.07. The van der Waals surface area contributed by atoms with Crippen LogP contribution < -0.4 is 17.0 Å². The molecule has 0 saturated carbocycles. The maximum atomic E-state index is 12.1. The van der Waals surface area contributed by atoms with Crippen molar-refractivity contribution in [3.05, 3.63) is 0 Å². The van der Waals surface area contributed by atoms with Gasteiger partial charge >= 0.3 is 0 Å². The van der Waals surface area contributed by atoms with E-state index in [1.165, 1.54) is 0 Å². The fourth-order valence-electron chi connectivity index (χ4n) is 0.418. The molecule has 0 rings (SSSR count). The maximum absolute atomic E-state index is 12.1. The van der Waals surface area contributed by atoms with E-state index in [-0.39, 0.29) is 18.9 Å². The van der Waals surface area contributed by atoms with E-state index in [0.717, 1.165) is 6.92 Å². The van der Waals surface area contributed by atoms with E-state index in [1.807, 2.05) is 5.43 Å². The summed E-state index contributed by atoms with van der Waals surface area (Å²) in [5, 5.41) is 0. The molecular formula is C5H12F2N4. The lowest BCUT2D eigenvalue weighted by Gasteiger charge is -2.06. The van der Waals surface area contributed by atoms with Crippen molar-refractivity contribution >= 4 is 5.96 Å². The van der Waals surface area contributed by atoms with Crippen molar-refractivity contribution in [2.24, 2.45) is 16.6 Å². The molecule has 0 aromatic rings. The first kappa shape index (κ1) is 10.1. The molecule has 4 nitrogen and oxygen atoms in total. The highest BCUT2D eigenvalue weighted by atomic mass is 19.3. The van der Waals surface area contributed by atoms with Crippen molar-refractivity contribution in [2.45, 2.75) is 19.3 Å². The van der Waals surface area contributed by atoms with Gasteiger partial charge in [-0.25, -0.2) is 14.6 Å². The van der Waals surface area contributed by atoms with Gasteiger partial charge in [-0.05, 0) is 6.92 Å². The minimum Gasteiger partial charge on any atom is -0.369 e. The number of nitrogens with one attached hydrogen (secondary N) is 1. The summed E-state index contributed by atoms with van der Waals surface area (Å²) in [6.45, 7) is 0.800. The Morgan fingerprint density at radius 2 is 2.18 bits per heavy atom. The van der Waals surface area contributed by atoms with Gasteiger partial charge in [-0.15, -0.1) is 0 Å². The van der Waals surface area contributed by atoms with Crippen LogP contribution in [0.25, 0.3) is 0 Å². The second-order valence-electron chi connectivity index (χ2n) is 2.23. The third-order valence-electron chi connectivity index (χ3n) is 0.981. The number of aliphatic imine (C=N–C) groups is 1. The van der Waals surface area contributed by atoms with Crippen LogP contribution in [0.3, 0.4) is 0 Å². The molecule has 0 radical (unpaired) electrons. The average molecular weight is 166 g/mol. The third-order valence-corrected chi connectivity index (χ3v) is 0.981. The van der Waals surface area contributed by atoms with Gasteiger partial charge in [-0.2, -0.15) is 0 Å². The first-order chi connectivity index (χ1) is 4.95. The van der Waals surface area contributed by atoms with Crippen LogP contribution in [0.5, 0.6) is 0 Å². The quantitative estimate of drug-likeness (QED) is 0.235. The van der Waals surface area contributed by atoms with Crippen molar-refractivity contribution in [1.82, 2.24) is 5.43 Å². The summed E-state index contributed by atoms with van der Waals surface area (Å²) < 4.78 is 24.2. The number of alkyl halides is 2. The fourth-order valence-corrected chi connectivity index (χ4v) is 0.418. The monoisotopic (exact) mass is 166 g/mol. The smallest absolute Gasteiger partial charge is 0.247 e. The van der Waals surface area contributed by atoms with Crippen LogP contribution in [-0.2, 0) is 0 Å². The SMILES string of the molecule is CC(F)(F)CCN=C(N)NN. The molecule has 0 aliphatic rings. The number of hydrogen-bond donors (Lipinski definition) is 3. The van der Waals surface area contributed by atoms with E-state index in [0.29, 0.717) is 0 Å². The van der Waals surface area contributed by atoms with Gasteiger partial charge in [0.05, 0.1) is 0 Å². The van der Waals surface area contributed by atoms with Gasteiger partial charge in [0.15, 0.2) is 0 Å². The maximum Gasteiger partial charge on any atom is 0.247 e. The van der Waals surface area contributed by atoms with Crippen LogP contribution in [0.2, 0.25) is 0 Å². The summed E-state index contributed by atoms with van der Waals surface area (Å²) in [5.74, 6) is 2.10. The Balaban J connectivity index is 3.57. The van der Waals surface area contributed by atoms with Crippen LogP contribution in [0.15, 0.2) is 4.99 Å². The van der Waals surface area contributed by atoms with Crippen molar-refractivity contribution in [2.75, 3.05) is 6.54 Å². The van der Waals surface area contributed by atoms with E-state index < -0.39 is 5.92 Å². The van der Waals surface area contributed by atoms with Crippen LogP contribution in [0, 0.1) is 0 Å². The Kier molecular flexibility index (Phi) is 3.73. The Labute approximate surface area is 63.6 Å². The van der Waals surface area contributed by atoms with Gasteiger partial charge in [-0.3, -0.25) is 10.4 Å². The zero-order chi connectivity index (χ0) is 8.91. The second-order valence-corrected chi connectivity index (χ2v) is 2.23. The molecule has 0 aliphatic heterocycles. The highest BCUT2D eigenvalue weighted by Gasteiger charge is 2.19. The van der Waals surface area contributed by atoms with Crippen LogP contribution in [0.4, 0.5) is 8.78 Å². The Bertz CT molecular complexity index is 140. The standard InChI is InChI=1S/C5H12F2N4/c1-5(6,7)2-3-10-4(8)11-9/h2-3,9H2,1H3,(H3,8,10,11). The molecule has 0 amide bonds. The Morgan fingerprint density at radius 3 is 2.55 bits per heavy atom. The van der Waals surface area contributed by atoms with Gasteiger partial charge in [-0.1, -0.05) is 0 Å². The van der Waals surface area contributed by atoms with Crippen LogP contribution >= 0.6 is 0 Å². The lowest BCUT2D eigenvalue weighted by Crippen LogP contribution is -2.37. The molecule has 11 heavy (non-hydrogen) atoms. The summed E-state index contributed by atoms with van der Waals surface area (Å²) in [7, 11) is 0. The predicted octanol–water partition coefficient (Wildman–Crippen LogP) is -0.190. The zero-order valence-electron chi connectivity index (χ0n) is 6.27. The predicted molar refractivity (Wildman–Crippen MR) is 39.1 cm³/mol. The molecule has 0 spiro atoms. The molecular weight excluding hydrogens is 154 g/mol. The third kappa shape index (κ3) is 6.98. The number of hydrazine groups is 1. The van der Waals surface area contributed by atoms with E-state index in [4.69, 9.17) is 11.6 Å². The molecule has 0 fully saturated rings. The lowest BCUT2D eigenvalue weighted by atomic mass is 10.3. The van der Waals surface area contributed by atoms with Gasteiger partial charge in [0.2, 0.25) is 11.9 Å². The Hall–Kier alpha value is -0.910. The van der Waals surface area contributed by atoms with E-state index >= 15 is 0 Å². The lowest BCUT2D eigenvalue weighted by molar-refractivity contribution is 0.0157. The summed E-state index contributed by atoms with van der Waals surface area (Å²) in [6, 6.07) is 0. The van der Waals surface area contributed by atoms with E-state index in [1.54, 1.807) is 0 Å². The molecule has 0 heterocycles. The highest BCUT2D eigenvalue weighted by Crippen LogP contribution is 2.15. The minimum absolute atomic E-state index is 0.0282. The molecule has 0 unspecified atom stereocenters. The van der Waals surface area contributed by atoms with Crippen LogP contribution in [-0.4, -0.2) is 18.4 Å². The normalized spacial score (nSPS) is 13.3. The first-order valence-electron chi connectivity index (χ1n) is 3.10. The van der Waals surface area contributed by atoms with Crippen molar-refractivity contribution in [3.8, 4) is 0 Å². The number of guanidine groups is 1. The van der Waals surface area contributed by atoms with Crippen molar-refractivity contribution < 1.29 is 8.78 Å². The van der Waals surface area contributed by atoms with E-state index in [9.17, 15) is 8.78 Å². The van der Waals surface area contributed by atoms with Crippen molar-refractivity contribution in [1.29, 1.82) is 0 Å². The van der Waals surface area contributed by atoms with Gasteiger partial charge in [0, 0.05) is 13.0 Å². The average Bonchev–Trinajstić information content (AvgIpc) is 1.85. The fraction of sp³-hybridized carbons (Fsp3) is 0.800. The van der Waals surface area contributed by atoms with Gasteiger partial charge < -0.3 is 5.73 Å². The number of hydrogen-bond acceptors (Lipinski definition) is 2. The molecule has 0 aromatic carbocycles. The van der Waals surface area contributed by atoms with Crippen molar-refractivity contribution in [3.63, 3.8) is 0 Å². The minimum atomic E-state index is -2.70. The van der Waals surface area contributed by atoms with Crippen LogP contribution in [0.1, 0.15) is 13.3 Å². The number of halogens is 2. The number of rotatable bonds is 3. The molecule has 0 aliphatic carbocycles. The molecule has 0 atom stereocenters. The summed E-state index contributed by atoms with van der Waals surface area (Å²) in [6.07, 6.45) is -0.324. The summed E-state index contributed by atoms with van der Waals surface area (Å²) >= 11 is 0. The highest BCUT2D eigenvalue weighted by molar-refractivity contribution is 5.77. The topological polar surface area (TPSA) is 76.4 Å². The number of nitrogens with two attached hydrogens (primary N) is 2. The Morgan fingerprint density at radius 1 is 1.64 bits per heavy atom. The molecule has 0 aromatic heterocycles. The summed E-state index contributed by atoms with van der Waals surface area (Å²) in [5.41, 5.74) is 7.11. The van der Waals surface area contributed by atoms with Gasteiger partial charge in [0.1, 0.15) is 0 Å². The van der Waals surface area contributed by atoms with Gasteiger partial charge in [0.25, 0.3) is 0 Å². The molecule has 0 saturated heterocycles. The molecule has 66 valence electrons. The molecule has 5 N–H and O–H groups in total. The first-order valence-corrected chi connectivity index (χ1v) is 3.10. The largest absolute Gasteiger partial charge is 0.369 e. The van der Waals surface area contributed by atoms with E-state index in [2.05, 4.69) is 4.99 Å². The zero-order valence-corrected chi connectivity index (χ0v) is 6.27. The molecule has 6 heteroatoms.